The highest BCUT2D eigenvalue weighted by Crippen LogP contribution is 2.67. The summed E-state index contributed by atoms with van der Waals surface area (Å²) in [5, 5.41) is 2.95. The first kappa shape index (κ1) is 29.9. The summed E-state index contributed by atoms with van der Waals surface area (Å²) in [4.78, 5) is 13.7. The maximum absolute atomic E-state index is 12.4. The average Bonchev–Trinajstić information content (AvgIpc) is 3.21. The number of hydrogen-bond donors (Lipinski definition) is 2. The van der Waals surface area contributed by atoms with Gasteiger partial charge < -0.3 is 15.0 Å². The van der Waals surface area contributed by atoms with Crippen molar-refractivity contribution < 1.29 is 14.4 Å². The van der Waals surface area contributed by atoms with Gasteiger partial charge in [0, 0.05) is 6.42 Å². The molecule has 9 atom stereocenters. The van der Waals surface area contributed by atoms with Crippen LogP contribution in [-0.2, 0) is 4.74 Å². The molecule has 4 aliphatic rings. The highest BCUT2D eigenvalue weighted by atomic mass is 16.6. The molecule has 218 valence electrons. The summed E-state index contributed by atoms with van der Waals surface area (Å²) in [6, 6.07) is 0. The van der Waals surface area contributed by atoms with E-state index in [1.165, 1.54) is 62.7 Å². The highest BCUT2D eigenvalue weighted by Gasteiger charge is 2.59. The van der Waals surface area contributed by atoms with E-state index in [1.807, 2.05) is 0 Å². The van der Waals surface area contributed by atoms with Crippen molar-refractivity contribution >= 4 is 6.09 Å². The molecule has 0 unspecified atom stereocenters. The van der Waals surface area contributed by atoms with Crippen LogP contribution in [0.25, 0.3) is 0 Å². The fourth-order valence-corrected chi connectivity index (χ4v) is 10.00. The summed E-state index contributed by atoms with van der Waals surface area (Å²) in [7, 11) is 4.21. The summed E-state index contributed by atoms with van der Waals surface area (Å²) >= 11 is 0. The van der Waals surface area contributed by atoms with Crippen molar-refractivity contribution in [1.29, 1.82) is 0 Å². The van der Waals surface area contributed by atoms with Crippen LogP contribution in [0.4, 0.5) is 4.79 Å². The molecule has 0 bridgehead atoms. The molecule has 0 spiro atoms. The molecule has 1 amide bonds. The number of fused-ring (bicyclic) bond motifs is 5. The zero-order valence-electron chi connectivity index (χ0n) is 26.2. The van der Waals surface area contributed by atoms with E-state index >= 15 is 0 Å². The van der Waals surface area contributed by atoms with Crippen LogP contribution in [0.2, 0.25) is 0 Å². The van der Waals surface area contributed by atoms with Gasteiger partial charge in [-0.25, -0.2) is 4.79 Å². The Morgan fingerprint density at radius 1 is 1.08 bits per heavy atom. The molecule has 0 radical (unpaired) electrons. The maximum atomic E-state index is 12.4. The van der Waals surface area contributed by atoms with Crippen molar-refractivity contribution in [3.63, 3.8) is 0 Å². The van der Waals surface area contributed by atoms with E-state index in [1.54, 1.807) is 5.57 Å². The molecule has 4 heteroatoms. The molecular weight excluding hydrogens is 468 g/mol. The number of quaternary nitrogens is 1. The van der Waals surface area contributed by atoms with Crippen LogP contribution >= 0.6 is 0 Å². The predicted molar refractivity (Wildman–Crippen MR) is 158 cm³/mol. The van der Waals surface area contributed by atoms with Gasteiger partial charge in [-0.05, 0) is 104 Å². The monoisotopic (exact) mass is 529 g/mol. The summed E-state index contributed by atoms with van der Waals surface area (Å²) < 4.78 is 5.89. The quantitative estimate of drug-likeness (QED) is 0.302. The number of alkyl carbamates (subject to hydrolysis) is 1. The Morgan fingerprint density at radius 2 is 1.84 bits per heavy atom. The van der Waals surface area contributed by atoms with E-state index in [0.717, 1.165) is 60.8 Å². The highest BCUT2D eigenvalue weighted by molar-refractivity contribution is 5.67. The van der Waals surface area contributed by atoms with Crippen LogP contribution in [-0.4, -0.2) is 39.4 Å². The van der Waals surface area contributed by atoms with Gasteiger partial charge in [-0.15, -0.1) is 0 Å². The minimum Gasteiger partial charge on any atom is -0.446 e. The molecule has 4 nitrogen and oxygen atoms in total. The van der Waals surface area contributed by atoms with E-state index < -0.39 is 0 Å². The first-order valence-electron chi connectivity index (χ1n) is 16.4. The molecule has 0 aromatic rings. The molecule has 0 aliphatic heterocycles. The zero-order chi connectivity index (χ0) is 27.7. The molecule has 0 saturated heterocycles. The molecule has 0 heterocycles. The van der Waals surface area contributed by atoms with Crippen molar-refractivity contribution in [3.05, 3.63) is 11.6 Å². The standard InChI is InChI=1S/C34H60N2O2/c1-9-25(23(2)3)11-10-24(4)29-14-15-30-28-13-12-26-22-27(38-32(37)35-20-21-36(7)8)16-18-33(26,5)31(28)17-19-34(29,30)6/h12,23-25,27-31H,9-11,13-22H2,1-8H3,(H,35,37)/p+1/t24-,25-,27+,28+,29-,30+,31+,33+,34-/m1/s1. The number of allylic oxidation sites excluding steroid dienone is 1. The normalized spacial score (nSPS) is 38.2. The van der Waals surface area contributed by atoms with Crippen molar-refractivity contribution in [2.75, 3.05) is 27.2 Å². The number of carbonyl (C=O) groups excluding carboxylic acids is 1. The van der Waals surface area contributed by atoms with Gasteiger partial charge >= 0.3 is 6.09 Å². The van der Waals surface area contributed by atoms with Crippen LogP contribution < -0.4 is 10.2 Å². The first-order valence-corrected chi connectivity index (χ1v) is 16.4. The Balaban J connectivity index is 1.37. The molecule has 3 fully saturated rings. The van der Waals surface area contributed by atoms with E-state index in [4.69, 9.17) is 4.74 Å². The molecule has 3 saturated carbocycles. The van der Waals surface area contributed by atoms with E-state index in [-0.39, 0.29) is 12.2 Å². The lowest BCUT2D eigenvalue weighted by atomic mass is 9.47. The van der Waals surface area contributed by atoms with Gasteiger partial charge in [-0.2, -0.15) is 0 Å². The fraction of sp³-hybridized carbons (Fsp3) is 0.912. The number of likely N-dealkylation sites (N-methyl/N-ethyl adjacent to an activating group) is 1. The van der Waals surface area contributed by atoms with Gasteiger partial charge in [0.05, 0.1) is 27.2 Å². The van der Waals surface area contributed by atoms with E-state index in [0.29, 0.717) is 17.4 Å². The molecule has 0 aromatic heterocycles. The van der Waals surface area contributed by atoms with Crippen LogP contribution in [0.5, 0.6) is 0 Å². The molecule has 4 rings (SSSR count). The summed E-state index contributed by atoms with van der Waals surface area (Å²) in [6.07, 6.45) is 16.7. The number of hydrogen-bond acceptors (Lipinski definition) is 2. The van der Waals surface area contributed by atoms with Crippen LogP contribution in [0, 0.1) is 52.3 Å². The van der Waals surface area contributed by atoms with Gasteiger partial charge in [0.25, 0.3) is 0 Å². The number of rotatable bonds is 10. The van der Waals surface area contributed by atoms with Crippen LogP contribution in [0.15, 0.2) is 11.6 Å². The van der Waals surface area contributed by atoms with Crippen molar-refractivity contribution in [1.82, 2.24) is 5.32 Å². The number of ether oxygens (including phenoxy) is 1. The summed E-state index contributed by atoms with van der Waals surface area (Å²) in [6.45, 7) is 16.7. The van der Waals surface area contributed by atoms with Gasteiger partial charge in [0.15, 0.2) is 0 Å². The average molecular weight is 530 g/mol. The number of nitrogens with one attached hydrogen (secondary N) is 2. The second-order valence-electron chi connectivity index (χ2n) is 15.1. The Kier molecular flexibility index (Phi) is 9.64. The lowest BCUT2D eigenvalue weighted by Gasteiger charge is -2.58. The fourth-order valence-electron chi connectivity index (χ4n) is 10.00. The Bertz CT molecular complexity index is 836. The third kappa shape index (κ3) is 6.01. The minimum absolute atomic E-state index is 0.0425. The molecular formula is C34H61N2O2+. The topological polar surface area (TPSA) is 42.8 Å². The Labute approximate surface area is 235 Å². The second-order valence-corrected chi connectivity index (χ2v) is 15.1. The van der Waals surface area contributed by atoms with Gasteiger partial charge in [-0.3, -0.25) is 0 Å². The Morgan fingerprint density at radius 3 is 2.53 bits per heavy atom. The smallest absolute Gasteiger partial charge is 0.407 e. The van der Waals surface area contributed by atoms with Gasteiger partial charge in [0.2, 0.25) is 0 Å². The van der Waals surface area contributed by atoms with Crippen LogP contribution in [0.1, 0.15) is 112 Å². The molecule has 38 heavy (non-hydrogen) atoms. The minimum atomic E-state index is -0.229. The molecule has 4 aliphatic carbocycles. The van der Waals surface area contributed by atoms with Crippen molar-refractivity contribution in [2.24, 2.45) is 52.3 Å². The Hall–Kier alpha value is -1.03. The van der Waals surface area contributed by atoms with Gasteiger partial charge in [-0.1, -0.05) is 66.0 Å². The SMILES string of the molecule is CC[C@H](CC[C@@H](C)[C@H]1CC[C@H]2[C@@H]3CC=C4C[C@@H](OC(=O)NCC[NH+](C)C)CC[C@]4(C)[C@H]3CC[C@]12C)C(C)C. The lowest BCUT2D eigenvalue weighted by Crippen LogP contribution is -3.06. The van der Waals surface area contributed by atoms with E-state index in [2.05, 4.69) is 67.0 Å². The third-order valence-corrected chi connectivity index (χ3v) is 12.4. The van der Waals surface area contributed by atoms with Crippen LogP contribution in [0.3, 0.4) is 0 Å². The van der Waals surface area contributed by atoms with E-state index in [9.17, 15) is 4.79 Å². The molecule has 0 aromatic carbocycles. The number of carbonyl (C=O) groups is 1. The predicted octanol–water partition coefficient (Wildman–Crippen LogP) is 6.90. The first-order chi connectivity index (χ1) is 18.0. The molecule has 2 N–H and O–H groups in total. The van der Waals surface area contributed by atoms with Gasteiger partial charge in [0.1, 0.15) is 6.10 Å². The number of amides is 1. The zero-order valence-corrected chi connectivity index (χ0v) is 26.2. The summed E-state index contributed by atoms with van der Waals surface area (Å²) in [5.74, 6) is 6.05. The van der Waals surface area contributed by atoms with Crippen molar-refractivity contribution in [2.45, 2.75) is 118 Å². The summed E-state index contributed by atoms with van der Waals surface area (Å²) in [5.41, 5.74) is 2.45. The maximum Gasteiger partial charge on any atom is 0.407 e. The lowest BCUT2D eigenvalue weighted by molar-refractivity contribution is -0.856. The van der Waals surface area contributed by atoms with Crippen molar-refractivity contribution in [3.8, 4) is 0 Å². The third-order valence-electron chi connectivity index (χ3n) is 12.4. The largest absolute Gasteiger partial charge is 0.446 e. The second kappa shape index (κ2) is 12.2.